The number of amides is 4. The van der Waals surface area contributed by atoms with E-state index in [0.717, 1.165) is 0 Å². The molecule has 31 heavy (non-hydrogen) atoms. The molecule has 3 unspecified atom stereocenters. The van der Waals surface area contributed by atoms with Gasteiger partial charge in [-0.05, 0) is 18.8 Å². The number of guanidine groups is 1. The highest BCUT2D eigenvalue weighted by Gasteiger charge is 2.27. The monoisotopic (exact) mass is 444 g/mol. The second-order valence-electron chi connectivity index (χ2n) is 7.13. The molecule has 14 heteroatoms. The Labute approximate surface area is 179 Å². The van der Waals surface area contributed by atoms with Crippen molar-refractivity contribution in [3.05, 3.63) is 0 Å². The van der Waals surface area contributed by atoms with Crippen molar-refractivity contribution in [3.63, 3.8) is 0 Å². The number of aliphatic carboxylic acids is 1. The molecule has 0 saturated heterocycles. The van der Waals surface area contributed by atoms with Crippen molar-refractivity contribution >= 4 is 35.6 Å². The number of nitrogens with one attached hydrogen (secondary N) is 3. The van der Waals surface area contributed by atoms with Crippen LogP contribution in [0.1, 0.15) is 33.1 Å². The molecule has 0 heterocycles. The van der Waals surface area contributed by atoms with Crippen molar-refractivity contribution in [1.29, 1.82) is 0 Å². The third-order valence-corrected chi connectivity index (χ3v) is 4.06. The molecule has 0 aromatic carbocycles. The molecule has 0 bridgehead atoms. The lowest BCUT2D eigenvalue weighted by Gasteiger charge is -2.21. The molecule has 0 fully saturated rings. The van der Waals surface area contributed by atoms with Crippen molar-refractivity contribution in [2.24, 2.45) is 33.8 Å². The van der Waals surface area contributed by atoms with E-state index in [4.69, 9.17) is 22.9 Å². The summed E-state index contributed by atoms with van der Waals surface area (Å²) in [5.74, 6) is -4.77. The third-order valence-electron chi connectivity index (χ3n) is 4.06. The number of primary amides is 1. The molecule has 0 spiro atoms. The Balaban J connectivity index is 4.80. The van der Waals surface area contributed by atoms with Crippen molar-refractivity contribution in [2.45, 2.75) is 51.2 Å². The van der Waals surface area contributed by atoms with Crippen LogP contribution in [0, 0.1) is 5.92 Å². The average Bonchev–Trinajstić information content (AvgIpc) is 2.66. The summed E-state index contributed by atoms with van der Waals surface area (Å²) in [4.78, 5) is 62.6. The standard InChI is InChI=1S/C17H32N8O6/c1-8(2)13(19)15(29)25-10(6-11(18)26)14(28)23-7-12(27)24-9(16(30)31)4-3-5-22-17(20)21/h8-10,13H,3-7,19H2,1-2H3,(H2,18,26)(H,23,28)(H,24,27)(H,25,29)(H,30,31)(H4,20,21,22). The predicted molar refractivity (Wildman–Crippen MR) is 111 cm³/mol. The molecule has 0 rings (SSSR count). The van der Waals surface area contributed by atoms with Gasteiger partial charge in [-0.2, -0.15) is 0 Å². The maximum absolute atomic E-state index is 12.3. The van der Waals surface area contributed by atoms with Crippen molar-refractivity contribution in [2.75, 3.05) is 13.1 Å². The number of nitrogens with two attached hydrogens (primary N) is 4. The number of carbonyl (C=O) groups excluding carboxylic acids is 4. The Kier molecular flexibility index (Phi) is 12.2. The van der Waals surface area contributed by atoms with Crippen LogP contribution in [-0.2, 0) is 24.0 Å². The second kappa shape index (κ2) is 13.7. The first kappa shape index (κ1) is 27.6. The summed E-state index contributed by atoms with van der Waals surface area (Å²) in [7, 11) is 0. The first-order valence-electron chi connectivity index (χ1n) is 9.54. The molecule has 0 saturated carbocycles. The van der Waals surface area contributed by atoms with Gasteiger partial charge < -0.3 is 44.0 Å². The zero-order chi connectivity index (χ0) is 24.1. The van der Waals surface area contributed by atoms with Crippen LogP contribution in [-0.4, -0.2) is 71.9 Å². The van der Waals surface area contributed by atoms with Crippen molar-refractivity contribution in [1.82, 2.24) is 16.0 Å². The first-order valence-corrected chi connectivity index (χ1v) is 9.54. The van der Waals surface area contributed by atoms with Crippen LogP contribution >= 0.6 is 0 Å². The SMILES string of the molecule is CC(C)C(N)C(=O)NC(CC(N)=O)C(=O)NCC(=O)NC(CCCN=C(N)N)C(=O)O. The van der Waals surface area contributed by atoms with Gasteiger partial charge in [-0.25, -0.2) is 4.79 Å². The minimum atomic E-state index is -1.34. The van der Waals surface area contributed by atoms with Crippen LogP contribution in [0.25, 0.3) is 0 Å². The van der Waals surface area contributed by atoms with Crippen LogP contribution in [0.4, 0.5) is 0 Å². The molecule has 3 atom stereocenters. The minimum Gasteiger partial charge on any atom is -0.480 e. The van der Waals surface area contributed by atoms with Crippen molar-refractivity contribution in [3.8, 4) is 0 Å². The van der Waals surface area contributed by atoms with Gasteiger partial charge in [0.25, 0.3) is 0 Å². The summed E-state index contributed by atoms with van der Waals surface area (Å²) >= 11 is 0. The molecule has 0 radical (unpaired) electrons. The van der Waals surface area contributed by atoms with Gasteiger partial charge in [-0.15, -0.1) is 0 Å². The van der Waals surface area contributed by atoms with E-state index in [2.05, 4.69) is 20.9 Å². The Morgan fingerprint density at radius 3 is 2.06 bits per heavy atom. The van der Waals surface area contributed by atoms with Crippen LogP contribution in [0.5, 0.6) is 0 Å². The van der Waals surface area contributed by atoms with Gasteiger partial charge in [0.2, 0.25) is 23.6 Å². The van der Waals surface area contributed by atoms with Gasteiger partial charge in [0.1, 0.15) is 12.1 Å². The normalized spacial score (nSPS) is 13.4. The Morgan fingerprint density at radius 2 is 1.58 bits per heavy atom. The highest BCUT2D eigenvalue weighted by atomic mass is 16.4. The van der Waals surface area contributed by atoms with E-state index in [9.17, 15) is 29.1 Å². The lowest BCUT2D eigenvalue weighted by molar-refractivity contribution is -0.142. The van der Waals surface area contributed by atoms with Crippen LogP contribution in [0.2, 0.25) is 0 Å². The van der Waals surface area contributed by atoms with Crippen LogP contribution < -0.4 is 38.9 Å². The zero-order valence-electron chi connectivity index (χ0n) is 17.6. The number of hydrogen-bond donors (Lipinski definition) is 8. The molecule has 0 aliphatic carbocycles. The summed E-state index contributed by atoms with van der Waals surface area (Å²) in [5, 5.41) is 16.0. The van der Waals surface area contributed by atoms with E-state index in [1.165, 1.54) is 0 Å². The summed E-state index contributed by atoms with van der Waals surface area (Å²) in [5.41, 5.74) is 21.2. The van der Waals surface area contributed by atoms with Gasteiger partial charge in [0, 0.05) is 6.54 Å². The first-order chi connectivity index (χ1) is 14.3. The Hall–Kier alpha value is -3.42. The molecule has 0 aromatic rings. The average molecular weight is 444 g/mol. The number of carboxylic acids is 1. The highest BCUT2D eigenvalue weighted by molar-refractivity contribution is 5.95. The maximum atomic E-state index is 12.3. The number of nitrogens with zero attached hydrogens (tertiary/aromatic N) is 1. The zero-order valence-corrected chi connectivity index (χ0v) is 17.6. The van der Waals surface area contributed by atoms with Gasteiger partial charge in [0.15, 0.2) is 5.96 Å². The highest BCUT2D eigenvalue weighted by Crippen LogP contribution is 2.01. The summed E-state index contributed by atoms with van der Waals surface area (Å²) < 4.78 is 0. The second-order valence-corrected chi connectivity index (χ2v) is 7.13. The third kappa shape index (κ3) is 12.0. The summed E-state index contributed by atoms with van der Waals surface area (Å²) in [6.45, 7) is 3.01. The molecule has 0 aromatic heterocycles. The molecule has 0 aliphatic heterocycles. The molecule has 14 nitrogen and oxygen atoms in total. The van der Waals surface area contributed by atoms with E-state index in [1.54, 1.807) is 13.8 Å². The number of carboxylic acid groups (broad SMARTS) is 1. The topological polar surface area (TPSA) is 258 Å². The molecular weight excluding hydrogens is 412 g/mol. The summed E-state index contributed by atoms with van der Waals surface area (Å²) in [6, 6.07) is -3.47. The molecule has 0 aliphatic rings. The lowest BCUT2D eigenvalue weighted by atomic mass is 10.0. The number of aliphatic imine (C=N–C) groups is 1. The quantitative estimate of drug-likeness (QED) is 0.0737. The van der Waals surface area contributed by atoms with E-state index < -0.39 is 60.7 Å². The molecule has 12 N–H and O–H groups in total. The number of hydrogen-bond acceptors (Lipinski definition) is 7. The Morgan fingerprint density at radius 1 is 0.968 bits per heavy atom. The number of rotatable bonds is 14. The van der Waals surface area contributed by atoms with Crippen molar-refractivity contribution < 1.29 is 29.1 Å². The predicted octanol–water partition coefficient (Wildman–Crippen LogP) is -3.93. The van der Waals surface area contributed by atoms with Gasteiger partial charge in [-0.1, -0.05) is 13.8 Å². The Bertz CT molecular complexity index is 692. The van der Waals surface area contributed by atoms with Gasteiger partial charge in [0.05, 0.1) is 19.0 Å². The fraction of sp³-hybridized carbons (Fsp3) is 0.647. The van der Waals surface area contributed by atoms with E-state index in [-0.39, 0.29) is 24.8 Å². The van der Waals surface area contributed by atoms with E-state index in [0.29, 0.717) is 6.42 Å². The van der Waals surface area contributed by atoms with Gasteiger partial charge in [-0.3, -0.25) is 24.2 Å². The fourth-order valence-corrected chi connectivity index (χ4v) is 2.28. The van der Waals surface area contributed by atoms with Crippen LogP contribution in [0.15, 0.2) is 4.99 Å². The minimum absolute atomic E-state index is 0.0548. The summed E-state index contributed by atoms with van der Waals surface area (Å²) in [6.07, 6.45) is -0.157. The van der Waals surface area contributed by atoms with Gasteiger partial charge >= 0.3 is 5.97 Å². The fourth-order valence-electron chi connectivity index (χ4n) is 2.28. The van der Waals surface area contributed by atoms with Crippen LogP contribution in [0.3, 0.4) is 0 Å². The smallest absolute Gasteiger partial charge is 0.326 e. The maximum Gasteiger partial charge on any atom is 0.326 e. The van der Waals surface area contributed by atoms with E-state index >= 15 is 0 Å². The number of carbonyl (C=O) groups is 5. The largest absolute Gasteiger partial charge is 0.480 e. The lowest BCUT2D eigenvalue weighted by Crippen LogP contribution is -2.55. The molecule has 176 valence electrons. The molecular formula is C17H32N8O6. The van der Waals surface area contributed by atoms with E-state index in [1.807, 2.05) is 0 Å². The molecule has 4 amide bonds.